The first-order valence-electron chi connectivity index (χ1n) is 13.5. The van der Waals surface area contributed by atoms with Crippen LogP contribution in [-0.2, 0) is 10.2 Å². The van der Waals surface area contributed by atoms with Crippen molar-refractivity contribution in [3.8, 4) is 0 Å². The number of ketones is 1. The lowest BCUT2D eigenvalue weighted by atomic mass is 9.71. The van der Waals surface area contributed by atoms with E-state index < -0.39 is 11.4 Å². The van der Waals surface area contributed by atoms with E-state index in [0.717, 1.165) is 19.3 Å². The molecule has 3 heteroatoms. The second kappa shape index (κ2) is 16.2. The Hall–Kier alpha value is -2.42. The van der Waals surface area contributed by atoms with Crippen molar-refractivity contribution in [2.45, 2.75) is 109 Å². The zero-order valence-corrected chi connectivity index (χ0v) is 21.1. The fourth-order valence-electron chi connectivity index (χ4n) is 4.86. The molecule has 34 heavy (non-hydrogen) atoms. The molecule has 0 aliphatic carbocycles. The number of hydrogen-bond acceptors (Lipinski definition) is 2. The average molecular weight is 465 g/mol. The summed E-state index contributed by atoms with van der Waals surface area (Å²) in [6.45, 7) is 2.26. The number of hydrogen-bond donors (Lipinski definition) is 1. The summed E-state index contributed by atoms with van der Waals surface area (Å²) in [5, 5.41) is 10.3. The normalized spacial score (nSPS) is 12.9. The zero-order valence-electron chi connectivity index (χ0n) is 21.1. The fraction of sp³-hybridized carbons (Fsp3) is 0.548. The summed E-state index contributed by atoms with van der Waals surface area (Å²) in [7, 11) is 0. The fourth-order valence-corrected chi connectivity index (χ4v) is 4.86. The second-order valence-electron chi connectivity index (χ2n) is 9.62. The molecule has 0 saturated heterocycles. The van der Waals surface area contributed by atoms with Crippen LogP contribution in [0.4, 0.5) is 0 Å². The largest absolute Gasteiger partial charge is 0.480 e. The Morgan fingerprint density at radius 3 is 1.47 bits per heavy atom. The minimum atomic E-state index is -1.53. The standard InChI is InChI=1S/C31H44O3/c1-2-3-4-5-6-7-8-9-10-11-12-13-14-21-26-31(30(33)34,28-24-19-16-20-25-28)29(32)27-22-17-15-18-23-27/h15-20,22-25H,2-14,21,26H2,1H3,(H,33,34). The number of carboxylic acids is 1. The molecule has 2 aromatic rings. The van der Waals surface area contributed by atoms with Crippen LogP contribution in [0, 0.1) is 0 Å². The molecule has 2 rings (SSSR count). The van der Waals surface area contributed by atoms with Crippen LogP contribution in [-0.4, -0.2) is 16.9 Å². The molecule has 0 aromatic heterocycles. The molecule has 0 aliphatic rings. The number of rotatable bonds is 19. The lowest BCUT2D eigenvalue weighted by Gasteiger charge is -2.29. The molecule has 1 unspecified atom stereocenters. The number of carboxylic acid groups (broad SMARTS) is 1. The van der Waals surface area contributed by atoms with Gasteiger partial charge >= 0.3 is 5.97 Å². The molecule has 0 bridgehead atoms. The minimum Gasteiger partial charge on any atom is -0.480 e. The van der Waals surface area contributed by atoms with E-state index in [1.54, 1.807) is 36.4 Å². The van der Waals surface area contributed by atoms with Gasteiger partial charge in [-0.1, -0.05) is 157 Å². The molecule has 186 valence electrons. The molecular weight excluding hydrogens is 420 g/mol. The summed E-state index contributed by atoms with van der Waals surface area (Å²) in [4.78, 5) is 26.1. The van der Waals surface area contributed by atoms with Crippen LogP contribution >= 0.6 is 0 Å². The number of carbonyl (C=O) groups is 2. The Bertz CT molecular complexity index is 815. The van der Waals surface area contributed by atoms with E-state index >= 15 is 0 Å². The van der Waals surface area contributed by atoms with Gasteiger partial charge in [-0.3, -0.25) is 9.59 Å². The summed E-state index contributed by atoms with van der Waals surface area (Å²) in [6, 6.07) is 17.9. The van der Waals surface area contributed by atoms with E-state index in [1.165, 1.54) is 70.6 Å². The highest BCUT2D eigenvalue weighted by Gasteiger charge is 2.47. The average Bonchev–Trinajstić information content (AvgIpc) is 2.87. The first-order chi connectivity index (χ1) is 16.6. The highest BCUT2D eigenvalue weighted by molar-refractivity contribution is 6.16. The number of carbonyl (C=O) groups excluding carboxylic acids is 1. The molecule has 2 aromatic carbocycles. The Kier molecular flexibility index (Phi) is 13.3. The second-order valence-corrected chi connectivity index (χ2v) is 9.62. The summed E-state index contributed by atoms with van der Waals surface area (Å²) in [5.74, 6) is -1.37. The van der Waals surface area contributed by atoms with Gasteiger partial charge < -0.3 is 5.11 Å². The van der Waals surface area contributed by atoms with Crippen LogP contribution in [0.1, 0.15) is 119 Å². The van der Waals surface area contributed by atoms with Crippen molar-refractivity contribution in [1.82, 2.24) is 0 Å². The van der Waals surface area contributed by atoms with Crippen LogP contribution in [0.15, 0.2) is 60.7 Å². The van der Waals surface area contributed by atoms with Crippen molar-refractivity contribution in [2.24, 2.45) is 0 Å². The van der Waals surface area contributed by atoms with Crippen molar-refractivity contribution in [3.63, 3.8) is 0 Å². The SMILES string of the molecule is CCCCCCCCCCCCCCCCC(C(=O)O)(C(=O)c1ccccc1)c1ccccc1. The molecule has 3 nitrogen and oxygen atoms in total. The Labute approximate surface area is 207 Å². The molecule has 1 atom stereocenters. The smallest absolute Gasteiger partial charge is 0.322 e. The van der Waals surface area contributed by atoms with Gasteiger partial charge in [0, 0.05) is 5.56 Å². The molecule has 1 N–H and O–H groups in total. The maximum Gasteiger partial charge on any atom is 0.322 e. The molecule has 0 saturated carbocycles. The van der Waals surface area contributed by atoms with E-state index in [-0.39, 0.29) is 5.78 Å². The third-order valence-electron chi connectivity index (χ3n) is 6.96. The number of unbranched alkanes of at least 4 members (excludes halogenated alkanes) is 13. The number of Topliss-reactive ketones (excluding diaryl/α,β-unsaturated/α-hetero) is 1. The molecule has 0 fully saturated rings. The predicted molar refractivity (Wildman–Crippen MR) is 141 cm³/mol. The molecule has 0 aliphatic heterocycles. The summed E-state index contributed by atoms with van der Waals surface area (Å²) >= 11 is 0. The minimum absolute atomic E-state index is 0.318. The van der Waals surface area contributed by atoms with Gasteiger partial charge in [-0.15, -0.1) is 0 Å². The maximum absolute atomic E-state index is 13.5. The van der Waals surface area contributed by atoms with Gasteiger partial charge in [0.05, 0.1) is 0 Å². The van der Waals surface area contributed by atoms with Crippen LogP contribution in [0.25, 0.3) is 0 Å². The molecule has 0 heterocycles. The van der Waals surface area contributed by atoms with E-state index in [4.69, 9.17) is 0 Å². The first kappa shape index (κ1) is 27.8. The Balaban J connectivity index is 1.79. The highest BCUT2D eigenvalue weighted by Crippen LogP contribution is 2.35. The molecular formula is C31H44O3. The Morgan fingerprint density at radius 1 is 0.618 bits per heavy atom. The lowest BCUT2D eigenvalue weighted by Crippen LogP contribution is -2.44. The molecule has 0 amide bonds. The summed E-state index contributed by atoms with van der Waals surface area (Å²) < 4.78 is 0. The van der Waals surface area contributed by atoms with Gasteiger partial charge in [-0.2, -0.15) is 0 Å². The van der Waals surface area contributed by atoms with Crippen LogP contribution in [0.3, 0.4) is 0 Å². The molecule has 0 radical (unpaired) electrons. The topological polar surface area (TPSA) is 54.4 Å². The predicted octanol–water partition coefficient (Wildman–Crippen LogP) is 8.76. The van der Waals surface area contributed by atoms with Gasteiger partial charge in [0.15, 0.2) is 11.2 Å². The number of benzene rings is 2. The summed E-state index contributed by atoms with van der Waals surface area (Å²) in [6.07, 6.45) is 17.8. The van der Waals surface area contributed by atoms with Crippen molar-refractivity contribution in [1.29, 1.82) is 0 Å². The maximum atomic E-state index is 13.5. The molecule has 0 spiro atoms. The monoisotopic (exact) mass is 464 g/mol. The van der Waals surface area contributed by atoms with Gasteiger partial charge in [0.1, 0.15) is 0 Å². The quantitative estimate of drug-likeness (QED) is 0.128. The lowest BCUT2D eigenvalue weighted by molar-refractivity contribution is -0.142. The van der Waals surface area contributed by atoms with Crippen molar-refractivity contribution < 1.29 is 14.7 Å². The first-order valence-corrected chi connectivity index (χ1v) is 13.5. The summed E-state index contributed by atoms with van der Waals surface area (Å²) in [5.41, 5.74) is -0.495. The van der Waals surface area contributed by atoms with E-state index in [2.05, 4.69) is 6.92 Å². The van der Waals surface area contributed by atoms with Crippen molar-refractivity contribution in [2.75, 3.05) is 0 Å². The van der Waals surface area contributed by atoms with Crippen LogP contribution < -0.4 is 0 Å². The van der Waals surface area contributed by atoms with Crippen molar-refractivity contribution in [3.05, 3.63) is 71.8 Å². The third kappa shape index (κ3) is 8.74. The van der Waals surface area contributed by atoms with Gasteiger partial charge in [0.25, 0.3) is 0 Å². The van der Waals surface area contributed by atoms with Gasteiger partial charge in [0.2, 0.25) is 0 Å². The van der Waals surface area contributed by atoms with E-state index in [1.807, 2.05) is 24.3 Å². The van der Waals surface area contributed by atoms with Crippen LogP contribution in [0.5, 0.6) is 0 Å². The highest BCUT2D eigenvalue weighted by atomic mass is 16.4. The Morgan fingerprint density at radius 2 is 1.03 bits per heavy atom. The number of aliphatic carboxylic acids is 1. The van der Waals surface area contributed by atoms with E-state index in [0.29, 0.717) is 17.5 Å². The van der Waals surface area contributed by atoms with Gasteiger partial charge in [-0.25, -0.2) is 0 Å². The zero-order chi connectivity index (χ0) is 24.5. The third-order valence-corrected chi connectivity index (χ3v) is 6.96. The van der Waals surface area contributed by atoms with Gasteiger partial charge in [-0.05, 0) is 12.0 Å². The van der Waals surface area contributed by atoms with Crippen molar-refractivity contribution >= 4 is 11.8 Å². The van der Waals surface area contributed by atoms with E-state index in [9.17, 15) is 14.7 Å². The van der Waals surface area contributed by atoms with Crippen LogP contribution in [0.2, 0.25) is 0 Å².